The van der Waals surface area contributed by atoms with Gasteiger partial charge in [-0.25, -0.2) is 4.39 Å². The lowest BCUT2D eigenvalue weighted by molar-refractivity contribution is -0.117. The van der Waals surface area contributed by atoms with Gasteiger partial charge in [-0.1, -0.05) is 17.3 Å². The Morgan fingerprint density at radius 2 is 1.70 bits per heavy atom. The molecule has 1 saturated heterocycles. The summed E-state index contributed by atoms with van der Waals surface area (Å²) < 4.78 is 18.2. The molecule has 3 aromatic rings. The molecule has 0 spiro atoms. The van der Waals surface area contributed by atoms with Gasteiger partial charge in [0.15, 0.2) is 0 Å². The number of carbonyl (C=O) groups excluding carboxylic acids is 2. The third-order valence-electron chi connectivity index (χ3n) is 5.44. The van der Waals surface area contributed by atoms with Crippen LogP contribution in [0.4, 0.5) is 15.8 Å². The molecule has 1 aromatic heterocycles. The van der Waals surface area contributed by atoms with Gasteiger partial charge in [-0.15, -0.1) is 0 Å². The van der Waals surface area contributed by atoms with Gasteiger partial charge in [0.25, 0.3) is 5.91 Å². The SMILES string of the molecule is Cc1cc(CN2CCN(CC(=O)Nc3ccccc3C(=O)Nc3ccc(F)cc3)CC2)no1. The number of aryl methyl sites for hydroxylation is 1. The van der Waals surface area contributed by atoms with Crippen LogP contribution in [0.2, 0.25) is 0 Å². The van der Waals surface area contributed by atoms with Crippen molar-refractivity contribution < 1.29 is 18.5 Å². The summed E-state index contributed by atoms with van der Waals surface area (Å²) in [6, 6.07) is 14.3. The second-order valence-electron chi connectivity index (χ2n) is 8.04. The first-order valence-corrected chi connectivity index (χ1v) is 10.8. The Bertz CT molecular complexity index is 1110. The molecule has 172 valence electrons. The molecular formula is C24H26FN5O3. The Morgan fingerprint density at radius 1 is 1.00 bits per heavy atom. The highest BCUT2D eigenvalue weighted by atomic mass is 19.1. The number of halogens is 1. The topological polar surface area (TPSA) is 90.7 Å². The van der Waals surface area contributed by atoms with Gasteiger partial charge >= 0.3 is 0 Å². The van der Waals surface area contributed by atoms with E-state index >= 15 is 0 Å². The number of nitrogens with zero attached hydrogens (tertiary/aromatic N) is 3. The van der Waals surface area contributed by atoms with Crippen LogP contribution in [-0.4, -0.2) is 59.5 Å². The first kappa shape index (κ1) is 22.6. The molecule has 2 N–H and O–H groups in total. The summed E-state index contributed by atoms with van der Waals surface area (Å²) in [4.78, 5) is 29.7. The molecule has 1 aliphatic heterocycles. The molecule has 1 aliphatic rings. The maximum atomic E-state index is 13.1. The summed E-state index contributed by atoms with van der Waals surface area (Å²) in [5.41, 5.74) is 2.15. The molecule has 1 fully saturated rings. The fourth-order valence-electron chi connectivity index (χ4n) is 3.74. The van der Waals surface area contributed by atoms with E-state index in [0.717, 1.165) is 44.2 Å². The fourth-order valence-corrected chi connectivity index (χ4v) is 3.74. The predicted molar refractivity (Wildman–Crippen MR) is 122 cm³/mol. The summed E-state index contributed by atoms with van der Waals surface area (Å²) in [7, 11) is 0. The van der Waals surface area contributed by atoms with Crippen LogP contribution in [0.5, 0.6) is 0 Å². The number of rotatable bonds is 7. The average Bonchev–Trinajstić information content (AvgIpc) is 3.21. The van der Waals surface area contributed by atoms with Crippen molar-refractivity contribution in [1.82, 2.24) is 15.0 Å². The average molecular weight is 452 g/mol. The maximum absolute atomic E-state index is 13.1. The van der Waals surface area contributed by atoms with Gasteiger partial charge in [0, 0.05) is 44.5 Å². The normalized spacial score (nSPS) is 14.7. The highest BCUT2D eigenvalue weighted by molar-refractivity contribution is 6.10. The minimum Gasteiger partial charge on any atom is -0.361 e. The second-order valence-corrected chi connectivity index (χ2v) is 8.04. The van der Waals surface area contributed by atoms with Crippen molar-refractivity contribution in [2.45, 2.75) is 13.5 Å². The van der Waals surface area contributed by atoms with Crippen LogP contribution >= 0.6 is 0 Å². The Kier molecular flexibility index (Phi) is 7.11. The molecule has 33 heavy (non-hydrogen) atoms. The zero-order chi connectivity index (χ0) is 23.2. The molecule has 0 bridgehead atoms. The minimum atomic E-state index is -0.380. The predicted octanol–water partition coefficient (Wildman–Crippen LogP) is 3.13. The molecule has 4 rings (SSSR count). The van der Waals surface area contributed by atoms with Gasteiger partial charge in [-0.05, 0) is 43.3 Å². The van der Waals surface area contributed by atoms with Crippen LogP contribution in [-0.2, 0) is 11.3 Å². The number of nitrogens with one attached hydrogen (secondary N) is 2. The number of benzene rings is 2. The fraction of sp³-hybridized carbons (Fsp3) is 0.292. The van der Waals surface area contributed by atoms with Gasteiger partial charge in [0.1, 0.15) is 11.6 Å². The summed E-state index contributed by atoms with van der Waals surface area (Å²) in [6.07, 6.45) is 0. The molecule has 0 saturated carbocycles. The lowest BCUT2D eigenvalue weighted by Gasteiger charge is -2.33. The molecule has 2 heterocycles. The van der Waals surface area contributed by atoms with Crippen LogP contribution in [0.3, 0.4) is 0 Å². The number of hydrogen-bond acceptors (Lipinski definition) is 6. The van der Waals surface area contributed by atoms with E-state index in [1.54, 1.807) is 24.3 Å². The van der Waals surface area contributed by atoms with Gasteiger partial charge < -0.3 is 15.2 Å². The third-order valence-corrected chi connectivity index (χ3v) is 5.44. The number of carbonyl (C=O) groups is 2. The summed E-state index contributed by atoms with van der Waals surface area (Å²) in [5, 5.41) is 9.61. The monoisotopic (exact) mass is 451 g/mol. The highest BCUT2D eigenvalue weighted by Gasteiger charge is 2.21. The van der Waals surface area contributed by atoms with Gasteiger partial charge in [0.2, 0.25) is 5.91 Å². The van der Waals surface area contributed by atoms with Crippen molar-refractivity contribution in [3.63, 3.8) is 0 Å². The number of amides is 2. The Hall–Kier alpha value is -3.56. The molecule has 0 aliphatic carbocycles. The Morgan fingerprint density at radius 3 is 2.39 bits per heavy atom. The van der Waals surface area contributed by atoms with E-state index in [1.165, 1.54) is 24.3 Å². The van der Waals surface area contributed by atoms with Crippen molar-refractivity contribution >= 4 is 23.2 Å². The lowest BCUT2D eigenvalue weighted by Crippen LogP contribution is -2.48. The van der Waals surface area contributed by atoms with Crippen LogP contribution in [0, 0.1) is 12.7 Å². The zero-order valence-corrected chi connectivity index (χ0v) is 18.4. The van der Waals surface area contributed by atoms with E-state index in [9.17, 15) is 14.0 Å². The van der Waals surface area contributed by atoms with Gasteiger partial charge in [-0.3, -0.25) is 19.4 Å². The van der Waals surface area contributed by atoms with Gasteiger partial charge in [-0.2, -0.15) is 0 Å². The van der Waals surface area contributed by atoms with E-state index in [0.29, 0.717) is 16.9 Å². The molecule has 8 nitrogen and oxygen atoms in total. The van der Waals surface area contributed by atoms with E-state index in [4.69, 9.17) is 4.52 Å². The van der Waals surface area contributed by atoms with E-state index in [-0.39, 0.29) is 24.2 Å². The van der Waals surface area contributed by atoms with Crippen LogP contribution in [0.25, 0.3) is 0 Å². The molecule has 2 aromatic carbocycles. The third kappa shape index (κ3) is 6.24. The first-order chi connectivity index (χ1) is 16.0. The molecule has 0 atom stereocenters. The summed E-state index contributed by atoms with van der Waals surface area (Å²) in [6.45, 7) is 6.02. The van der Waals surface area contributed by atoms with Gasteiger partial charge in [0.05, 0.1) is 23.5 Å². The quantitative estimate of drug-likeness (QED) is 0.574. The van der Waals surface area contributed by atoms with Crippen molar-refractivity contribution in [2.75, 3.05) is 43.4 Å². The first-order valence-electron chi connectivity index (χ1n) is 10.8. The number of aromatic nitrogens is 1. The summed E-state index contributed by atoms with van der Waals surface area (Å²) >= 11 is 0. The van der Waals surface area contributed by atoms with E-state index in [1.807, 2.05) is 13.0 Å². The van der Waals surface area contributed by atoms with E-state index < -0.39 is 0 Å². The standard InChI is InChI=1S/C24H26FN5O3/c1-17-14-20(28-33-17)15-29-10-12-30(13-11-29)16-23(31)27-22-5-3-2-4-21(22)24(32)26-19-8-6-18(25)7-9-19/h2-9,14H,10-13,15-16H2,1H3,(H,26,32)(H,27,31). The molecule has 0 radical (unpaired) electrons. The highest BCUT2D eigenvalue weighted by Crippen LogP contribution is 2.18. The van der Waals surface area contributed by atoms with Crippen LogP contribution in [0.1, 0.15) is 21.8 Å². The van der Waals surface area contributed by atoms with Crippen LogP contribution < -0.4 is 10.6 Å². The maximum Gasteiger partial charge on any atom is 0.257 e. The Labute approximate surface area is 191 Å². The zero-order valence-electron chi connectivity index (χ0n) is 18.4. The molecule has 0 unspecified atom stereocenters. The molecular weight excluding hydrogens is 425 g/mol. The number of hydrogen-bond donors (Lipinski definition) is 2. The van der Waals surface area contributed by atoms with Crippen molar-refractivity contribution in [1.29, 1.82) is 0 Å². The van der Waals surface area contributed by atoms with Crippen molar-refractivity contribution in [2.24, 2.45) is 0 Å². The smallest absolute Gasteiger partial charge is 0.257 e. The molecule has 2 amide bonds. The van der Waals surface area contributed by atoms with E-state index in [2.05, 4.69) is 25.6 Å². The minimum absolute atomic E-state index is 0.183. The number of para-hydroxylation sites is 1. The number of anilines is 2. The van der Waals surface area contributed by atoms with Crippen LogP contribution in [0.15, 0.2) is 59.1 Å². The largest absolute Gasteiger partial charge is 0.361 e. The van der Waals surface area contributed by atoms with Crippen molar-refractivity contribution in [3.8, 4) is 0 Å². The Balaban J connectivity index is 1.29. The molecule has 9 heteroatoms. The number of piperazine rings is 1. The summed E-state index contributed by atoms with van der Waals surface area (Å²) in [5.74, 6) is -0.145. The van der Waals surface area contributed by atoms with Crippen molar-refractivity contribution in [3.05, 3.63) is 77.4 Å². The lowest BCUT2D eigenvalue weighted by atomic mass is 10.1. The second kappa shape index (κ2) is 10.4.